The maximum absolute atomic E-state index is 10.6. The van der Waals surface area contributed by atoms with Crippen LogP contribution >= 0.6 is 0 Å². The van der Waals surface area contributed by atoms with Crippen molar-refractivity contribution in [2.24, 2.45) is 0 Å². The van der Waals surface area contributed by atoms with Gasteiger partial charge in [-0.05, 0) is 60.7 Å². The summed E-state index contributed by atoms with van der Waals surface area (Å²) >= 11 is 0. The van der Waals surface area contributed by atoms with E-state index in [4.69, 9.17) is 4.74 Å². The molecule has 1 unspecified atom stereocenters. The highest BCUT2D eigenvalue weighted by atomic mass is 16.5. The fourth-order valence-corrected chi connectivity index (χ4v) is 2.39. The molecule has 0 bridgehead atoms. The Balaban J connectivity index is 2.48. The van der Waals surface area contributed by atoms with Crippen LogP contribution in [-0.2, 0) is 0 Å². The van der Waals surface area contributed by atoms with Gasteiger partial charge < -0.3 is 9.84 Å². The largest absolute Gasteiger partial charge is 0.496 e. The zero-order valence-electron chi connectivity index (χ0n) is 11.9. The van der Waals surface area contributed by atoms with Gasteiger partial charge >= 0.3 is 0 Å². The van der Waals surface area contributed by atoms with Gasteiger partial charge in [0.15, 0.2) is 0 Å². The number of methoxy groups -OCH3 is 1. The first-order chi connectivity index (χ1) is 9.04. The number of ether oxygens (including phenoxy) is 1. The zero-order chi connectivity index (χ0) is 14.0. The summed E-state index contributed by atoms with van der Waals surface area (Å²) < 4.78 is 5.31. The first kappa shape index (κ1) is 13.6. The molecule has 2 nitrogen and oxygen atoms in total. The second-order valence-electron chi connectivity index (χ2n) is 4.94. The Morgan fingerprint density at radius 2 is 1.58 bits per heavy atom. The Hall–Kier alpha value is -1.80. The number of hydrogen-bond donors (Lipinski definition) is 1. The van der Waals surface area contributed by atoms with Crippen LogP contribution in [0.2, 0.25) is 0 Å². The number of benzene rings is 2. The number of hydrogen-bond acceptors (Lipinski definition) is 2. The van der Waals surface area contributed by atoms with E-state index in [0.29, 0.717) is 0 Å². The molecule has 2 aromatic carbocycles. The molecule has 1 atom stereocenters. The highest BCUT2D eigenvalue weighted by Crippen LogP contribution is 2.31. The Labute approximate surface area is 114 Å². The minimum atomic E-state index is -0.592. The summed E-state index contributed by atoms with van der Waals surface area (Å²) in [5.74, 6) is 0.859. The third-order valence-corrected chi connectivity index (χ3v) is 3.56. The van der Waals surface area contributed by atoms with Crippen LogP contribution in [-0.4, -0.2) is 12.2 Å². The predicted molar refractivity (Wildman–Crippen MR) is 77.7 cm³/mol. The van der Waals surface area contributed by atoms with E-state index in [2.05, 4.69) is 0 Å². The molecule has 0 spiro atoms. The molecule has 0 aromatic heterocycles. The molecule has 0 saturated heterocycles. The van der Waals surface area contributed by atoms with E-state index in [-0.39, 0.29) is 0 Å². The second-order valence-corrected chi connectivity index (χ2v) is 4.94. The molecule has 0 aliphatic rings. The molecular formula is C17H20O2. The second kappa shape index (κ2) is 5.45. The van der Waals surface area contributed by atoms with Crippen LogP contribution in [0, 0.1) is 20.8 Å². The van der Waals surface area contributed by atoms with Crippen LogP contribution in [0.1, 0.15) is 33.9 Å². The molecule has 0 fully saturated rings. The third kappa shape index (κ3) is 2.64. The summed E-state index contributed by atoms with van der Waals surface area (Å²) in [5.41, 5.74) is 5.07. The van der Waals surface area contributed by atoms with Gasteiger partial charge in [-0.3, -0.25) is 0 Å². The maximum Gasteiger partial charge on any atom is 0.122 e. The molecule has 0 aliphatic heterocycles. The summed E-state index contributed by atoms with van der Waals surface area (Å²) in [5, 5.41) is 10.6. The van der Waals surface area contributed by atoms with Gasteiger partial charge in [-0.15, -0.1) is 0 Å². The summed E-state index contributed by atoms with van der Waals surface area (Å²) in [7, 11) is 1.67. The minimum Gasteiger partial charge on any atom is -0.496 e. The smallest absolute Gasteiger partial charge is 0.122 e. The third-order valence-electron chi connectivity index (χ3n) is 3.56. The van der Waals surface area contributed by atoms with Crippen LogP contribution in [0.3, 0.4) is 0 Å². The normalized spacial score (nSPS) is 12.3. The predicted octanol–water partition coefficient (Wildman–Crippen LogP) is 3.70. The van der Waals surface area contributed by atoms with Crippen molar-refractivity contribution in [2.45, 2.75) is 26.9 Å². The van der Waals surface area contributed by atoms with Crippen molar-refractivity contribution < 1.29 is 9.84 Å². The highest BCUT2D eigenvalue weighted by molar-refractivity contribution is 5.46. The van der Waals surface area contributed by atoms with Gasteiger partial charge in [0, 0.05) is 0 Å². The molecule has 0 heterocycles. The van der Waals surface area contributed by atoms with Gasteiger partial charge in [0.05, 0.1) is 7.11 Å². The van der Waals surface area contributed by atoms with Crippen molar-refractivity contribution >= 4 is 0 Å². The first-order valence-corrected chi connectivity index (χ1v) is 6.43. The van der Waals surface area contributed by atoms with E-state index in [9.17, 15) is 5.11 Å². The van der Waals surface area contributed by atoms with Crippen molar-refractivity contribution in [1.82, 2.24) is 0 Å². The van der Waals surface area contributed by atoms with Crippen molar-refractivity contribution in [3.63, 3.8) is 0 Å². The summed E-state index contributed by atoms with van der Waals surface area (Å²) in [6.07, 6.45) is -0.592. The molecule has 0 radical (unpaired) electrons. The van der Waals surface area contributed by atoms with Crippen molar-refractivity contribution in [3.05, 3.63) is 64.2 Å². The molecular weight excluding hydrogens is 236 g/mol. The number of aliphatic hydroxyl groups excluding tert-OH is 1. The zero-order valence-corrected chi connectivity index (χ0v) is 11.9. The molecule has 2 heteroatoms. The summed E-state index contributed by atoms with van der Waals surface area (Å²) in [6.45, 7) is 6.01. The van der Waals surface area contributed by atoms with Gasteiger partial charge in [-0.2, -0.15) is 0 Å². The topological polar surface area (TPSA) is 29.5 Å². The molecule has 2 aromatic rings. The van der Waals surface area contributed by atoms with Gasteiger partial charge in [0.25, 0.3) is 0 Å². The Morgan fingerprint density at radius 1 is 0.895 bits per heavy atom. The van der Waals surface area contributed by atoms with Crippen molar-refractivity contribution in [3.8, 4) is 5.75 Å². The molecule has 0 aliphatic carbocycles. The van der Waals surface area contributed by atoms with Gasteiger partial charge in [0.2, 0.25) is 0 Å². The molecule has 2 rings (SSSR count). The van der Waals surface area contributed by atoms with Crippen LogP contribution in [0.5, 0.6) is 5.75 Å². The van der Waals surface area contributed by atoms with Crippen LogP contribution < -0.4 is 4.74 Å². The lowest BCUT2D eigenvalue weighted by atomic mass is 9.93. The molecule has 19 heavy (non-hydrogen) atoms. The lowest BCUT2D eigenvalue weighted by molar-refractivity contribution is 0.218. The van der Waals surface area contributed by atoms with E-state index in [1.165, 1.54) is 0 Å². The first-order valence-electron chi connectivity index (χ1n) is 6.43. The molecule has 100 valence electrons. The number of aliphatic hydroxyl groups is 1. The molecule has 1 N–H and O–H groups in total. The Bertz CT molecular complexity index is 588. The van der Waals surface area contributed by atoms with E-state index < -0.39 is 6.10 Å². The van der Waals surface area contributed by atoms with Crippen LogP contribution in [0.25, 0.3) is 0 Å². The van der Waals surface area contributed by atoms with E-state index in [1.807, 2.05) is 57.2 Å². The quantitative estimate of drug-likeness (QED) is 0.907. The fourth-order valence-electron chi connectivity index (χ4n) is 2.39. The van der Waals surface area contributed by atoms with Gasteiger partial charge in [0.1, 0.15) is 11.9 Å². The maximum atomic E-state index is 10.6. The lowest BCUT2D eigenvalue weighted by Gasteiger charge is -2.18. The Morgan fingerprint density at radius 3 is 2.21 bits per heavy atom. The highest BCUT2D eigenvalue weighted by Gasteiger charge is 2.16. The monoisotopic (exact) mass is 256 g/mol. The number of aryl methyl sites for hydroxylation is 3. The average Bonchev–Trinajstić information content (AvgIpc) is 2.40. The van der Waals surface area contributed by atoms with Gasteiger partial charge in [-0.25, -0.2) is 0 Å². The minimum absolute atomic E-state index is 0.592. The standard InChI is InChI=1S/C17H20O2/c1-11-7-5-6-8-14(11)17(18)15-9-13(3)16(19-4)10-12(15)2/h5-10,17-18H,1-4H3. The molecule has 0 saturated carbocycles. The van der Waals surface area contributed by atoms with Crippen LogP contribution in [0.4, 0.5) is 0 Å². The van der Waals surface area contributed by atoms with Gasteiger partial charge in [-0.1, -0.05) is 24.3 Å². The summed E-state index contributed by atoms with van der Waals surface area (Å²) in [6, 6.07) is 11.9. The van der Waals surface area contributed by atoms with E-state index in [1.54, 1.807) is 7.11 Å². The van der Waals surface area contributed by atoms with Crippen molar-refractivity contribution in [2.75, 3.05) is 7.11 Å². The van der Waals surface area contributed by atoms with Crippen LogP contribution in [0.15, 0.2) is 36.4 Å². The Kier molecular flexibility index (Phi) is 3.91. The number of rotatable bonds is 3. The molecule has 0 amide bonds. The van der Waals surface area contributed by atoms with E-state index in [0.717, 1.165) is 33.6 Å². The van der Waals surface area contributed by atoms with E-state index >= 15 is 0 Å². The SMILES string of the molecule is COc1cc(C)c(C(O)c2ccccc2C)cc1C. The van der Waals surface area contributed by atoms with Crippen molar-refractivity contribution in [1.29, 1.82) is 0 Å². The fraction of sp³-hybridized carbons (Fsp3) is 0.294. The lowest BCUT2D eigenvalue weighted by Crippen LogP contribution is -2.05. The summed E-state index contributed by atoms with van der Waals surface area (Å²) in [4.78, 5) is 0. The average molecular weight is 256 g/mol.